The van der Waals surface area contributed by atoms with Crippen molar-refractivity contribution < 1.29 is 0 Å². The second-order valence-electron chi connectivity index (χ2n) is 11.3. The lowest BCUT2D eigenvalue weighted by molar-refractivity contribution is 1.71. The average molecular weight is 567 g/mol. The molecule has 2 aromatic heterocycles. The van der Waals surface area contributed by atoms with Crippen LogP contribution in [0.3, 0.4) is 0 Å². The Labute approximate surface area is 250 Å². The molecule has 2 heteroatoms. The van der Waals surface area contributed by atoms with Gasteiger partial charge < -0.3 is 0 Å². The first kappa shape index (κ1) is 22.9. The highest BCUT2D eigenvalue weighted by molar-refractivity contribution is 7.21. The fraction of sp³-hybridized carbons (Fsp3) is 0. The van der Waals surface area contributed by atoms with Gasteiger partial charge in [-0.1, -0.05) is 115 Å². The van der Waals surface area contributed by atoms with Crippen LogP contribution in [0, 0.1) is 0 Å². The Morgan fingerprint density at radius 2 is 0.857 bits per heavy atom. The molecule has 10 rings (SSSR count). The molecule has 10 aromatic rings. The van der Waals surface area contributed by atoms with E-state index in [0.29, 0.717) is 0 Å². The summed E-state index contributed by atoms with van der Waals surface area (Å²) in [5.41, 5.74) is 5.28. The van der Waals surface area contributed by atoms with Crippen LogP contribution in [0.5, 0.6) is 0 Å². The van der Waals surface area contributed by atoms with E-state index in [2.05, 4.69) is 132 Å². The first-order valence-electron chi connectivity index (χ1n) is 14.3. The lowest BCUT2D eigenvalue weighted by Crippen LogP contribution is -1.90. The summed E-state index contributed by atoms with van der Waals surface area (Å²) < 4.78 is 0. The second-order valence-corrected chi connectivity index (χ2v) is 13.1. The summed E-state index contributed by atoms with van der Waals surface area (Å²) in [6.07, 6.45) is 0. The van der Waals surface area contributed by atoms with E-state index in [1.54, 1.807) is 0 Å². The molecule has 0 N–H and O–H groups in total. The molecule has 0 saturated carbocycles. The number of hydrogen-bond acceptors (Lipinski definition) is 2. The van der Waals surface area contributed by atoms with Crippen molar-refractivity contribution >= 4 is 87.3 Å². The molecule has 0 radical (unpaired) electrons. The van der Waals surface area contributed by atoms with Gasteiger partial charge in [-0.3, -0.25) is 0 Å². The van der Waals surface area contributed by atoms with Crippen molar-refractivity contribution in [1.82, 2.24) is 0 Å². The van der Waals surface area contributed by atoms with Crippen molar-refractivity contribution in [2.24, 2.45) is 0 Å². The fourth-order valence-corrected chi connectivity index (χ4v) is 9.30. The van der Waals surface area contributed by atoms with E-state index in [0.717, 1.165) is 0 Å². The molecule has 0 aliphatic rings. The minimum atomic E-state index is 1.30. The van der Waals surface area contributed by atoms with Crippen LogP contribution in [0.1, 0.15) is 0 Å². The second kappa shape index (κ2) is 8.39. The average Bonchev–Trinajstić information content (AvgIpc) is 3.73. The molecule has 0 amide bonds. The summed E-state index contributed by atoms with van der Waals surface area (Å²) in [5, 5.41) is 20.5. The first-order chi connectivity index (χ1) is 20.8. The van der Waals surface area contributed by atoms with Gasteiger partial charge in [-0.2, -0.15) is 0 Å². The van der Waals surface area contributed by atoms with Gasteiger partial charge in [0, 0.05) is 16.0 Å². The molecule has 194 valence electrons. The molecule has 0 bridgehead atoms. The monoisotopic (exact) mass is 566 g/mol. The van der Waals surface area contributed by atoms with Crippen LogP contribution >= 0.6 is 22.7 Å². The Balaban J connectivity index is 1.34. The molecular weight excluding hydrogens is 545 g/mol. The molecule has 0 fully saturated rings. The van der Waals surface area contributed by atoms with Gasteiger partial charge in [-0.05, 0) is 92.6 Å². The van der Waals surface area contributed by atoms with Gasteiger partial charge in [0.25, 0.3) is 0 Å². The molecule has 0 unspecified atom stereocenters. The van der Waals surface area contributed by atoms with Crippen LogP contribution in [0.4, 0.5) is 0 Å². The zero-order chi connectivity index (χ0) is 27.4. The normalized spacial score (nSPS) is 12.3. The van der Waals surface area contributed by atoms with Crippen molar-refractivity contribution in [3.05, 3.63) is 132 Å². The predicted molar refractivity (Wildman–Crippen MR) is 186 cm³/mol. The van der Waals surface area contributed by atoms with Gasteiger partial charge >= 0.3 is 0 Å². The molecule has 0 spiro atoms. The minimum Gasteiger partial charge on any atom is -0.143 e. The minimum absolute atomic E-state index is 1.30. The lowest BCUT2D eigenvalue weighted by atomic mass is 9.86. The van der Waals surface area contributed by atoms with E-state index >= 15 is 0 Å². The summed E-state index contributed by atoms with van der Waals surface area (Å²) in [7, 11) is 0. The molecule has 0 nitrogen and oxygen atoms in total. The smallest absolute Gasteiger partial charge is 0.0527 e. The maximum atomic E-state index is 2.40. The Kier molecular flexibility index (Phi) is 4.57. The largest absolute Gasteiger partial charge is 0.143 e. The van der Waals surface area contributed by atoms with Gasteiger partial charge in [-0.25, -0.2) is 0 Å². The highest BCUT2D eigenvalue weighted by atomic mass is 32.1. The standard InChI is InChI=1S/C40H22S2/c1-4-23-9-11-27-13-17-29(30-18-14-25(6-1)35(23)37(27)30)33-22-42-40(34-8-3-21-41-34)39(33)32-20-16-28-12-10-24-5-2-7-26-15-19-31(32)38(28)36(24)26/h1-22H. The lowest BCUT2D eigenvalue weighted by Gasteiger charge is -2.17. The molecule has 0 aliphatic heterocycles. The Hall–Kier alpha value is -4.76. The topological polar surface area (TPSA) is 0 Å². The van der Waals surface area contributed by atoms with Crippen LogP contribution in [-0.4, -0.2) is 0 Å². The van der Waals surface area contributed by atoms with Gasteiger partial charge in [0.05, 0.1) is 4.88 Å². The third-order valence-corrected chi connectivity index (χ3v) is 11.2. The molecule has 42 heavy (non-hydrogen) atoms. The molecular formula is C40H22S2. The van der Waals surface area contributed by atoms with Crippen molar-refractivity contribution in [2.45, 2.75) is 0 Å². The molecule has 2 heterocycles. The van der Waals surface area contributed by atoms with Gasteiger partial charge in [0.15, 0.2) is 0 Å². The van der Waals surface area contributed by atoms with Crippen LogP contribution in [0.15, 0.2) is 132 Å². The van der Waals surface area contributed by atoms with E-state index in [-0.39, 0.29) is 0 Å². The Bertz CT molecular complexity index is 2590. The van der Waals surface area contributed by atoms with Crippen LogP contribution in [0.2, 0.25) is 0 Å². The van der Waals surface area contributed by atoms with Crippen molar-refractivity contribution in [2.75, 3.05) is 0 Å². The van der Waals surface area contributed by atoms with Crippen LogP contribution in [0.25, 0.3) is 96.6 Å². The van der Waals surface area contributed by atoms with Crippen molar-refractivity contribution in [1.29, 1.82) is 0 Å². The maximum absolute atomic E-state index is 2.40. The third kappa shape index (κ3) is 3.01. The molecule has 8 aromatic carbocycles. The van der Waals surface area contributed by atoms with Crippen LogP contribution < -0.4 is 0 Å². The number of hydrogen-bond donors (Lipinski definition) is 0. The van der Waals surface area contributed by atoms with E-state index in [1.807, 2.05) is 22.7 Å². The number of benzene rings is 8. The highest BCUT2D eigenvalue weighted by Crippen LogP contribution is 2.51. The number of rotatable bonds is 3. The van der Waals surface area contributed by atoms with E-state index in [4.69, 9.17) is 0 Å². The highest BCUT2D eigenvalue weighted by Gasteiger charge is 2.23. The fourth-order valence-electron chi connectivity index (χ4n) is 7.34. The molecule has 0 aliphatic carbocycles. The molecule has 0 saturated heterocycles. The zero-order valence-electron chi connectivity index (χ0n) is 22.5. The quantitative estimate of drug-likeness (QED) is 0.187. The summed E-state index contributed by atoms with van der Waals surface area (Å²) in [6.45, 7) is 0. The SMILES string of the molecule is c1csc(-c2scc(-c3ccc4ccc5cccc6ccc3c4c56)c2-c2ccc3ccc4cccc5ccc2c3c45)c1. The summed E-state index contributed by atoms with van der Waals surface area (Å²) >= 11 is 3.70. The Morgan fingerprint density at radius 3 is 1.43 bits per heavy atom. The maximum Gasteiger partial charge on any atom is 0.0527 e. The van der Waals surface area contributed by atoms with E-state index in [9.17, 15) is 0 Å². The van der Waals surface area contributed by atoms with Crippen molar-refractivity contribution in [3.8, 4) is 32.0 Å². The zero-order valence-corrected chi connectivity index (χ0v) is 24.2. The van der Waals surface area contributed by atoms with Crippen molar-refractivity contribution in [3.63, 3.8) is 0 Å². The third-order valence-electron chi connectivity index (χ3n) is 9.15. The van der Waals surface area contributed by atoms with Gasteiger partial charge in [0.2, 0.25) is 0 Å². The summed E-state index contributed by atoms with van der Waals surface area (Å²) in [6, 6.07) is 45.5. The molecule has 0 atom stereocenters. The van der Waals surface area contributed by atoms with Gasteiger partial charge in [-0.15, -0.1) is 22.7 Å². The first-order valence-corrected chi connectivity index (χ1v) is 16.1. The van der Waals surface area contributed by atoms with Gasteiger partial charge in [0.1, 0.15) is 0 Å². The summed E-state index contributed by atoms with van der Waals surface area (Å²) in [5.74, 6) is 0. The Morgan fingerprint density at radius 1 is 0.357 bits per heavy atom. The van der Waals surface area contributed by atoms with E-state index < -0.39 is 0 Å². The van der Waals surface area contributed by atoms with Crippen LogP contribution in [-0.2, 0) is 0 Å². The summed E-state index contributed by atoms with van der Waals surface area (Å²) in [4.78, 5) is 2.67. The number of thiophene rings is 2. The van der Waals surface area contributed by atoms with E-state index in [1.165, 1.54) is 96.6 Å². The predicted octanol–water partition coefficient (Wildman–Crippen LogP) is 12.6.